The maximum atomic E-state index is 12.4. The van der Waals surface area contributed by atoms with Gasteiger partial charge < -0.3 is 14.2 Å². The maximum Gasteiger partial charge on any atom is 0.248 e. The van der Waals surface area contributed by atoms with Gasteiger partial charge in [-0.2, -0.15) is 4.98 Å². The number of H-pyrrole nitrogens is 1. The Bertz CT molecular complexity index is 1120. The summed E-state index contributed by atoms with van der Waals surface area (Å²) in [7, 11) is -3.73. The lowest BCUT2D eigenvalue weighted by molar-refractivity contribution is 0.356. The molecular formula is C16H14N4O5S. The molecule has 2 aromatic heterocycles. The van der Waals surface area contributed by atoms with Crippen molar-refractivity contribution in [3.8, 4) is 17.1 Å². The first-order valence-electron chi connectivity index (χ1n) is 7.78. The van der Waals surface area contributed by atoms with Gasteiger partial charge in [-0.3, -0.25) is 4.79 Å². The second kappa shape index (κ2) is 6.39. The highest BCUT2D eigenvalue weighted by Crippen LogP contribution is 2.27. The number of benzene rings is 1. The van der Waals surface area contributed by atoms with Crippen molar-refractivity contribution in [3.05, 3.63) is 58.3 Å². The van der Waals surface area contributed by atoms with Crippen molar-refractivity contribution < 1.29 is 17.7 Å². The van der Waals surface area contributed by atoms with E-state index in [9.17, 15) is 13.2 Å². The molecule has 0 spiro atoms. The molecule has 10 heteroatoms. The van der Waals surface area contributed by atoms with E-state index >= 15 is 0 Å². The zero-order valence-electron chi connectivity index (χ0n) is 13.4. The molecule has 3 aromatic rings. The van der Waals surface area contributed by atoms with Crippen molar-refractivity contribution in [2.24, 2.45) is 0 Å². The van der Waals surface area contributed by atoms with E-state index in [0.717, 1.165) is 5.56 Å². The van der Waals surface area contributed by atoms with Gasteiger partial charge in [-0.05, 0) is 29.8 Å². The first-order chi connectivity index (χ1) is 12.5. The molecule has 0 radical (unpaired) electrons. The number of pyridine rings is 1. The highest BCUT2D eigenvalue weighted by molar-refractivity contribution is 7.89. The van der Waals surface area contributed by atoms with Gasteiger partial charge in [-0.15, -0.1) is 0 Å². The van der Waals surface area contributed by atoms with Gasteiger partial charge in [0.05, 0.1) is 18.0 Å². The number of hydrogen-bond acceptors (Lipinski definition) is 7. The lowest BCUT2D eigenvalue weighted by Crippen LogP contribution is -2.23. The zero-order valence-corrected chi connectivity index (χ0v) is 14.2. The summed E-state index contributed by atoms with van der Waals surface area (Å²) in [6.07, 6.45) is 2.15. The van der Waals surface area contributed by atoms with Crippen LogP contribution in [-0.4, -0.2) is 30.1 Å². The summed E-state index contributed by atoms with van der Waals surface area (Å²) < 4.78 is 37.7. The minimum absolute atomic E-state index is 0.0911. The molecule has 0 amide bonds. The number of hydrogen-bond donors (Lipinski definition) is 2. The van der Waals surface area contributed by atoms with Crippen molar-refractivity contribution >= 4 is 10.0 Å². The summed E-state index contributed by atoms with van der Waals surface area (Å²) in [5.74, 6) is 1.01. The zero-order chi connectivity index (χ0) is 18.1. The fourth-order valence-electron chi connectivity index (χ4n) is 2.60. The SMILES string of the molecule is O=c1cc(-c2noc(CNS(=O)(=O)c3ccc4c(c3)CCO4)n2)cc[nH]1. The highest BCUT2D eigenvalue weighted by atomic mass is 32.2. The lowest BCUT2D eigenvalue weighted by Gasteiger charge is -2.06. The third kappa shape index (κ3) is 3.24. The first-order valence-corrected chi connectivity index (χ1v) is 9.27. The smallest absolute Gasteiger partial charge is 0.248 e. The van der Waals surface area contributed by atoms with E-state index in [4.69, 9.17) is 9.26 Å². The van der Waals surface area contributed by atoms with Crippen LogP contribution in [0.4, 0.5) is 0 Å². The third-order valence-corrected chi connectivity index (χ3v) is 5.28. The molecule has 2 N–H and O–H groups in total. The van der Waals surface area contributed by atoms with E-state index in [0.29, 0.717) is 24.3 Å². The van der Waals surface area contributed by atoms with Crippen molar-refractivity contribution in [1.29, 1.82) is 0 Å². The van der Waals surface area contributed by atoms with Gasteiger partial charge >= 0.3 is 0 Å². The lowest BCUT2D eigenvalue weighted by atomic mass is 10.2. The van der Waals surface area contributed by atoms with Gasteiger partial charge in [0.1, 0.15) is 5.75 Å². The number of nitrogens with one attached hydrogen (secondary N) is 2. The molecular weight excluding hydrogens is 360 g/mol. The normalized spacial score (nSPS) is 13.4. The number of sulfonamides is 1. The predicted octanol–water partition coefficient (Wildman–Crippen LogP) is 0.838. The Kier molecular flexibility index (Phi) is 4.05. The minimum atomic E-state index is -3.73. The Labute approximate surface area is 148 Å². The number of aromatic nitrogens is 3. The summed E-state index contributed by atoms with van der Waals surface area (Å²) in [5.41, 5.74) is 1.04. The second-order valence-corrected chi connectivity index (χ2v) is 7.41. The second-order valence-electron chi connectivity index (χ2n) is 5.65. The van der Waals surface area contributed by atoms with Crippen LogP contribution >= 0.6 is 0 Å². The molecule has 3 heterocycles. The van der Waals surface area contributed by atoms with Crippen LogP contribution in [0.15, 0.2) is 50.7 Å². The monoisotopic (exact) mass is 374 g/mol. The molecule has 0 atom stereocenters. The highest BCUT2D eigenvalue weighted by Gasteiger charge is 2.20. The van der Waals surface area contributed by atoms with Crippen LogP contribution in [0.2, 0.25) is 0 Å². The van der Waals surface area contributed by atoms with E-state index in [2.05, 4.69) is 19.8 Å². The van der Waals surface area contributed by atoms with Crippen LogP contribution in [0.25, 0.3) is 11.4 Å². The van der Waals surface area contributed by atoms with Gasteiger partial charge in [0.15, 0.2) is 0 Å². The summed E-state index contributed by atoms with van der Waals surface area (Å²) in [5, 5.41) is 3.76. The molecule has 0 fully saturated rings. The minimum Gasteiger partial charge on any atom is -0.493 e. The molecule has 1 aliphatic rings. The Morgan fingerprint density at radius 2 is 2.12 bits per heavy atom. The summed E-state index contributed by atoms with van der Waals surface area (Å²) in [4.78, 5) is 18.1. The van der Waals surface area contributed by atoms with E-state index in [1.807, 2.05) is 0 Å². The number of fused-ring (bicyclic) bond motifs is 1. The fourth-order valence-corrected chi connectivity index (χ4v) is 3.62. The Hall–Kier alpha value is -2.98. The molecule has 0 saturated carbocycles. The number of nitrogens with zero attached hydrogens (tertiary/aromatic N) is 2. The van der Waals surface area contributed by atoms with E-state index < -0.39 is 10.0 Å². The van der Waals surface area contributed by atoms with Crippen LogP contribution in [0.1, 0.15) is 11.5 Å². The molecule has 0 bridgehead atoms. The first kappa shape index (κ1) is 16.5. The van der Waals surface area contributed by atoms with Crippen molar-refractivity contribution in [2.75, 3.05) is 6.61 Å². The van der Waals surface area contributed by atoms with Crippen molar-refractivity contribution in [1.82, 2.24) is 19.8 Å². The van der Waals surface area contributed by atoms with Crippen LogP contribution < -0.4 is 15.0 Å². The summed E-state index contributed by atoms with van der Waals surface area (Å²) in [6, 6.07) is 7.68. The quantitative estimate of drug-likeness (QED) is 0.677. The summed E-state index contributed by atoms with van der Waals surface area (Å²) in [6.45, 7) is 0.394. The van der Waals surface area contributed by atoms with Gasteiger partial charge in [0.2, 0.25) is 27.3 Å². The predicted molar refractivity (Wildman–Crippen MR) is 90.0 cm³/mol. The Balaban J connectivity index is 1.49. The Morgan fingerprint density at radius 1 is 1.23 bits per heavy atom. The molecule has 1 aliphatic heterocycles. The Morgan fingerprint density at radius 3 is 2.96 bits per heavy atom. The number of rotatable bonds is 5. The molecule has 4 rings (SSSR count). The molecule has 0 aliphatic carbocycles. The third-order valence-electron chi connectivity index (χ3n) is 3.89. The van der Waals surface area contributed by atoms with Crippen molar-refractivity contribution in [3.63, 3.8) is 0 Å². The van der Waals surface area contributed by atoms with Crippen LogP contribution in [0, 0.1) is 0 Å². The number of aromatic amines is 1. The molecule has 9 nitrogen and oxygen atoms in total. The van der Waals surface area contributed by atoms with Crippen LogP contribution in [-0.2, 0) is 23.0 Å². The summed E-state index contributed by atoms with van der Waals surface area (Å²) >= 11 is 0. The topological polar surface area (TPSA) is 127 Å². The van der Waals surface area contributed by atoms with Crippen LogP contribution in [0.3, 0.4) is 0 Å². The van der Waals surface area contributed by atoms with Gasteiger partial charge in [-0.1, -0.05) is 5.16 Å². The van der Waals surface area contributed by atoms with Crippen molar-refractivity contribution in [2.45, 2.75) is 17.9 Å². The fraction of sp³-hybridized carbons (Fsp3) is 0.188. The molecule has 26 heavy (non-hydrogen) atoms. The van der Waals surface area contributed by atoms with Gasteiger partial charge in [0, 0.05) is 24.2 Å². The molecule has 0 saturated heterocycles. The maximum absolute atomic E-state index is 12.4. The van der Waals surface area contributed by atoms with E-state index in [1.54, 1.807) is 18.2 Å². The standard InChI is InChI=1S/C16H14N4O5S/c21-14-8-11(3-5-17-14)16-19-15(25-20-16)9-18-26(22,23)12-1-2-13-10(7-12)4-6-24-13/h1-3,5,7-8,18H,4,6,9H2,(H,17,21). The number of ether oxygens (including phenoxy) is 1. The van der Waals surface area contributed by atoms with E-state index in [-0.39, 0.29) is 28.7 Å². The molecule has 1 aromatic carbocycles. The van der Waals surface area contributed by atoms with Gasteiger partial charge in [0.25, 0.3) is 0 Å². The largest absolute Gasteiger partial charge is 0.493 e. The average Bonchev–Trinajstić information content (AvgIpc) is 3.28. The van der Waals surface area contributed by atoms with E-state index in [1.165, 1.54) is 18.3 Å². The molecule has 0 unspecified atom stereocenters. The van der Waals surface area contributed by atoms with Gasteiger partial charge in [-0.25, -0.2) is 13.1 Å². The average molecular weight is 374 g/mol. The molecule has 134 valence electrons. The van der Waals surface area contributed by atoms with Crippen LogP contribution in [0.5, 0.6) is 5.75 Å².